The number of aliphatic imine (C=N–C) groups is 1. The van der Waals surface area contributed by atoms with Crippen LogP contribution >= 0.6 is 0 Å². The minimum absolute atomic E-state index is 0.123. The Labute approximate surface area is 92.9 Å². The molecule has 0 aliphatic carbocycles. The molecule has 0 unspecified atom stereocenters. The molecule has 0 atom stereocenters. The highest BCUT2D eigenvalue weighted by atomic mass is 16.5. The average Bonchev–Trinajstić information content (AvgIpc) is 2.39. The van der Waals surface area contributed by atoms with Crippen molar-refractivity contribution in [3.63, 3.8) is 0 Å². The summed E-state index contributed by atoms with van der Waals surface area (Å²) < 4.78 is 5.17. The van der Waals surface area contributed by atoms with Crippen LogP contribution in [0.5, 0.6) is 0 Å². The molecule has 0 aromatic rings. The molecule has 1 amide bonds. The van der Waals surface area contributed by atoms with Gasteiger partial charge in [-0.05, 0) is 6.08 Å². The topological polar surface area (TPSA) is 74.5 Å². The van der Waals surface area contributed by atoms with Crippen LogP contribution in [0.3, 0.4) is 0 Å². The Morgan fingerprint density at radius 1 is 1.50 bits per heavy atom. The van der Waals surface area contributed by atoms with Crippen LogP contribution in [0.4, 0.5) is 0 Å². The molecule has 0 saturated carbocycles. The molecule has 0 aromatic heterocycles. The smallest absolute Gasteiger partial charge is 0.256 e. The number of ether oxygens (including phenoxy) is 1. The van der Waals surface area contributed by atoms with E-state index in [1.807, 2.05) is 0 Å². The Hall–Kier alpha value is -1.69. The van der Waals surface area contributed by atoms with Gasteiger partial charge in [0, 0.05) is 19.3 Å². The quantitative estimate of drug-likeness (QED) is 0.489. The number of oxime groups is 1. The van der Waals surface area contributed by atoms with E-state index < -0.39 is 0 Å². The van der Waals surface area contributed by atoms with Gasteiger partial charge in [0.1, 0.15) is 5.71 Å². The van der Waals surface area contributed by atoms with Gasteiger partial charge < -0.3 is 14.8 Å². The average molecular weight is 223 g/mol. The number of allylic oxidation sites excluding steroid dienone is 1. The molecule has 2 aliphatic heterocycles. The van der Waals surface area contributed by atoms with E-state index in [4.69, 9.17) is 9.94 Å². The lowest BCUT2D eigenvalue weighted by molar-refractivity contribution is -0.130. The summed E-state index contributed by atoms with van der Waals surface area (Å²) in [7, 11) is 0. The van der Waals surface area contributed by atoms with Gasteiger partial charge in [-0.1, -0.05) is 5.16 Å². The van der Waals surface area contributed by atoms with E-state index >= 15 is 0 Å². The predicted octanol–water partition coefficient (Wildman–Crippen LogP) is -0.314. The largest absolute Gasteiger partial charge is 0.411 e. The highest BCUT2D eigenvalue weighted by Crippen LogP contribution is 2.09. The second kappa shape index (κ2) is 4.89. The summed E-state index contributed by atoms with van der Waals surface area (Å²) in [6.07, 6.45) is 3.14. The highest BCUT2D eigenvalue weighted by molar-refractivity contribution is 6.25. The lowest BCUT2D eigenvalue weighted by Gasteiger charge is -2.28. The van der Waals surface area contributed by atoms with Crippen molar-refractivity contribution in [3.8, 4) is 0 Å². The van der Waals surface area contributed by atoms with E-state index in [-0.39, 0.29) is 12.5 Å². The predicted molar refractivity (Wildman–Crippen MR) is 58.1 cm³/mol. The normalized spacial score (nSPS) is 23.4. The van der Waals surface area contributed by atoms with Crippen LogP contribution in [0.1, 0.15) is 0 Å². The molecule has 0 radical (unpaired) electrons. The first-order valence-corrected chi connectivity index (χ1v) is 5.11. The molecule has 2 rings (SSSR count). The number of hydrogen-bond donors (Lipinski definition) is 1. The monoisotopic (exact) mass is 223 g/mol. The van der Waals surface area contributed by atoms with Crippen LogP contribution in [0.15, 0.2) is 21.8 Å². The zero-order valence-corrected chi connectivity index (χ0v) is 8.80. The summed E-state index contributed by atoms with van der Waals surface area (Å²) in [5.41, 5.74) is 0.735. The SMILES string of the molecule is O=C(C1=CC=NCC1=NO)N1CCOCC1. The maximum Gasteiger partial charge on any atom is 0.256 e. The van der Waals surface area contributed by atoms with Gasteiger partial charge >= 0.3 is 0 Å². The number of dihydropyridines is 1. The lowest BCUT2D eigenvalue weighted by atomic mass is 10.1. The summed E-state index contributed by atoms with van der Waals surface area (Å²) >= 11 is 0. The molecule has 2 heterocycles. The third-order valence-electron chi connectivity index (χ3n) is 2.55. The van der Waals surface area contributed by atoms with Gasteiger partial charge in [0.15, 0.2) is 0 Å². The Balaban J connectivity index is 2.13. The fourth-order valence-corrected chi connectivity index (χ4v) is 1.66. The zero-order chi connectivity index (χ0) is 11.4. The molecule has 86 valence electrons. The van der Waals surface area contributed by atoms with Gasteiger partial charge in [0.2, 0.25) is 0 Å². The van der Waals surface area contributed by atoms with Gasteiger partial charge in [0.25, 0.3) is 5.91 Å². The molecule has 6 heteroatoms. The van der Waals surface area contributed by atoms with Crippen molar-refractivity contribution in [1.29, 1.82) is 0 Å². The van der Waals surface area contributed by atoms with Crippen LogP contribution in [-0.2, 0) is 9.53 Å². The third kappa shape index (κ3) is 2.11. The number of hydrogen-bond acceptors (Lipinski definition) is 5. The Bertz CT molecular complexity index is 368. The summed E-state index contributed by atoms with van der Waals surface area (Å²) in [5.74, 6) is -0.123. The molecule has 1 saturated heterocycles. The van der Waals surface area contributed by atoms with Crippen LogP contribution < -0.4 is 0 Å². The number of morpholine rings is 1. The first-order chi connectivity index (χ1) is 7.83. The van der Waals surface area contributed by atoms with Crippen molar-refractivity contribution in [1.82, 2.24) is 4.90 Å². The fraction of sp³-hybridized carbons (Fsp3) is 0.500. The molecule has 6 nitrogen and oxygen atoms in total. The Morgan fingerprint density at radius 2 is 2.25 bits per heavy atom. The lowest BCUT2D eigenvalue weighted by Crippen LogP contribution is -2.43. The van der Waals surface area contributed by atoms with Crippen molar-refractivity contribution >= 4 is 17.8 Å². The molecule has 16 heavy (non-hydrogen) atoms. The standard InChI is InChI=1S/C10H13N3O3/c14-10(13-3-5-16-6-4-13)8-1-2-11-7-9(8)12-15/h1-2,15H,3-7H2. The van der Waals surface area contributed by atoms with Gasteiger partial charge in [-0.2, -0.15) is 0 Å². The van der Waals surface area contributed by atoms with E-state index in [0.717, 1.165) is 0 Å². The molecular formula is C10H13N3O3. The van der Waals surface area contributed by atoms with Crippen molar-refractivity contribution in [2.75, 3.05) is 32.8 Å². The molecule has 0 spiro atoms. The minimum atomic E-state index is -0.123. The van der Waals surface area contributed by atoms with Crippen LogP contribution in [0, 0.1) is 0 Å². The Kier molecular flexibility index (Phi) is 3.31. The maximum atomic E-state index is 12.1. The van der Waals surface area contributed by atoms with Crippen LogP contribution in [0.2, 0.25) is 0 Å². The van der Waals surface area contributed by atoms with E-state index in [9.17, 15) is 4.79 Å². The van der Waals surface area contributed by atoms with E-state index in [2.05, 4.69) is 10.1 Å². The fourth-order valence-electron chi connectivity index (χ4n) is 1.66. The van der Waals surface area contributed by atoms with Gasteiger partial charge in [-0.25, -0.2) is 0 Å². The minimum Gasteiger partial charge on any atom is -0.411 e. The molecule has 0 bridgehead atoms. The van der Waals surface area contributed by atoms with Gasteiger partial charge in [-0.3, -0.25) is 9.79 Å². The summed E-state index contributed by atoms with van der Waals surface area (Å²) in [4.78, 5) is 17.7. The first kappa shape index (κ1) is 10.8. The molecule has 0 aromatic carbocycles. The van der Waals surface area contributed by atoms with Crippen molar-refractivity contribution in [2.45, 2.75) is 0 Å². The Morgan fingerprint density at radius 3 is 2.94 bits per heavy atom. The molecular weight excluding hydrogens is 210 g/mol. The number of rotatable bonds is 1. The van der Waals surface area contributed by atoms with Gasteiger partial charge in [0.05, 0.1) is 25.3 Å². The van der Waals surface area contributed by atoms with Crippen LogP contribution in [0.25, 0.3) is 0 Å². The van der Waals surface area contributed by atoms with Crippen molar-refractivity contribution in [2.24, 2.45) is 10.1 Å². The van der Waals surface area contributed by atoms with Crippen LogP contribution in [-0.4, -0.2) is 60.8 Å². The van der Waals surface area contributed by atoms with Crippen molar-refractivity contribution in [3.05, 3.63) is 11.6 Å². The summed E-state index contributed by atoms with van der Waals surface area (Å²) in [5, 5.41) is 11.9. The second-order valence-electron chi connectivity index (χ2n) is 3.52. The molecule has 1 N–H and O–H groups in total. The summed E-state index contributed by atoms with van der Waals surface area (Å²) in [6, 6.07) is 0. The number of carbonyl (C=O) groups is 1. The van der Waals surface area contributed by atoms with E-state index in [1.54, 1.807) is 17.2 Å². The van der Waals surface area contributed by atoms with E-state index in [0.29, 0.717) is 37.6 Å². The van der Waals surface area contributed by atoms with Gasteiger partial charge in [-0.15, -0.1) is 0 Å². The molecule has 2 aliphatic rings. The second-order valence-corrected chi connectivity index (χ2v) is 3.52. The number of carbonyl (C=O) groups excluding carboxylic acids is 1. The summed E-state index contributed by atoms with van der Waals surface area (Å²) in [6.45, 7) is 2.51. The number of nitrogens with zero attached hydrogens (tertiary/aromatic N) is 3. The van der Waals surface area contributed by atoms with E-state index in [1.165, 1.54) is 0 Å². The first-order valence-electron chi connectivity index (χ1n) is 5.11. The maximum absolute atomic E-state index is 12.1. The molecule has 1 fully saturated rings. The van der Waals surface area contributed by atoms with Crippen molar-refractivity contribution < 1.29 is 14.7 Å². The third-order valence-corrected chi connectivity index (χ3v) is 2.55. The highest BCUT2D eigenvalue weighted by Gasteiger charge is 2.24. The number of amides is 1. The zero-order valence-electron chi connectivity index (χ0n) is 8.80.